The average Bonchev–Trinajstić information content (AvgIpc) is 4.03. The van der Waals surface area contributed by atoms with E-state index in [0.29, 0.717) is 0 Å². The van der Waals surface area contributed by atoms with Gasteiger partial charge in [0.1, 0.15) is 11.2 Å². The Balaban J connectivity index is 1.02. The summed E-state index contributed by atoms with van der Waals surface area (Å²) in [5, 5.41) is 7.21. The molecule has 0 N–H and O–H groups in total. The summed E-state index contributed by atoms with van der Waals surface area (Å²) in [5.74, 6) is 0. The molecule has 0 bridgehead atoms. The molecule has 3 nitrogen and oxygen atoms in total. The molecule has 1 aliphatic carbocycles. The first-order valence-corrected chi connectivity index (χ1v) is 20.0. The fourth-order valence-electron chi connectivity index (χ4n) is 9.88. The molecular formula is C55H34N2O. The quantitative estimate of drug-likeness (QED) is 0.176. The van der Waals surface area contributed by atoms with Crippen LogP contribution in [0, 0.1) is 0 Å². The van der Waals surface area contributed by atoms with Crippen LogP contribution in [0.3, 0.4) is 0 Å². The van der Waals surface area contributed by atoms with Crippen LogP contribution in [0.5, 0.6) is 0 Å². The van der Waals surface area contributed by atoms with Gasteiger partial charge in [-0.05, 0) is 118 Å². The second kappa shape index (κ2) is 11.9. The lowest BCUT2D eigenvalue weighted by Crippen LogP contribution is -1.95. The molecule has 0 spiro atoms. The Hall–Kier alpha value is -7.62. The molecule has 0 atom stereocenters. The molecule has 0 aliphatic heterocycles. The Kier molecular flexibility index (Phi) is 6.50. The van der Waals surface area contributed by atoms with Crippen LogP contribution in [-0.2, 0) is 6.42 Å². The van der Waals surface area contributed by atoms with Crippen LogP contribution in [0.1, 0.15) is 11.1 Å². The topological polar surface area (TPSA) is 23.0 Å². The van der Waals surface area contributed by atoms with Crippen molar-refractivity contribution >= 4 is 65.6 Å². The highest BCUT2D eigenvalue weighted by atomic mass is 16.3. The summed E-state index contributed by atoms with van der Waals surface area (Å²) in [6, 6.07) is 71.0. The van der Waals surface area contributed by atoms with E-state index in [9.17, 15) is 0 Å². The Morgan fingerprint density at radius 3 is 1.64 bits per heavy atom. The minimum absolute atomic E-state index is 0.901. The van der Waals surface area contributed by atoms with E-state index in [1.54, 1.807) is 0 Å². The maximum Gasteiger partial charge on any atom is 0.143 e. The molecule has 3 aromatic heterocycles. The SMILES string of the molecule is c1ccc(-n2c3ccccc3c3cc(-c4ccc5c(c4)c4ccccc4n5-c4cc(-c5ccc6c(c5)-c5ccccc5C6)c5oc6ccccc6c5c4)ccc32)cc1. The average molecular weight is 739 g/mol. The first-order valence-electron chi connectivity index (χ1n) is 20.0. The minimum Gasteiger partial charge on any atom is -0.455 e. The van der Waals surface area contributed by atoms with Gasteiger partial charge in [-0.15, -0.1) is 0 Å². The Bertz CT molecular complexity index is 3650. The number of aromatic nitrogens is 2. The number of furan rings is 1. The molecule has 3 heteroatoms. The van der Waals surface area contributed by atoms with Crippen molar-refractivity contribution in [3.05, 3.63) is 205 Å². The number of hydrogen-bond acceptors (Lipinski definition) is 1. The summed E-state index contributed by atoms with van der Waals surface area (Å²) in [7, 11) is 0. The van der Waals surface area contributed by atoms with E-state index in [1.807, 2.05) is 0 Å². The first kappa shape index (κ1) is 31.6. The molecule has 0 saturated carbocycles. The van der Waals surface area contributed by atoms with Gasteiger partial charge in [-0.2, -0.15) is 0 Å². The number of hydrogen-bond donors (Lipinski definition) is 0. The van der Waals surface area contributed by atoms with Gasteiger partial charge in [0.2, 0.25) is 0 Å². The molecular weight excluding hydrogens is 705 g/mol. The maximum atomic E-state index is 6.71. The van der Waals surface area contributed by atoms with Gasteiger partial charge >= 0.3 is 0 Å². The second-order valence-electron chi connectivity index (χ2n) is 15.7. The van der Waals surface area contributed by atoms with Gasteiger partial charge in [-0.1, -0.05) is 121 Å². The predicted molar refractivity (Wildman–Crippen MR) is 242 cm³/mol. The number of fused-ring (bicyclic) bond motifs is 12. The molecule has 13 rings (SSSR count). The van der Waals surface area contributed by atoms with Crippen LogP contribution in [0.15, 0.2) is 199 Å². The van der Waals surface area contributed by atoms with Crippen LogP contribution in [0.2, 0.25) is 0 Å². The van der Waals surface area contributed by atoms with Crippen molar-refractivity contribution < 1.29 is 4.42 Å². The molecule has 270 valence electrons. The van der Waals surface area contributed by atoms with Gasteiger partial charge in [0.25, 0.3) is 0 Å². The maximum absolute atomic E-state index is 6.71. The van der Waals surface area contributed by atoms with Crippen molar-refractivity contribution in [1.29, 1.82) is 0 Å². The molecule has 0 fully saturated rings. The summed E-state index contributed by atoms with van der Waals surface area (Å²) < 4.78 is 11.5. The summed E-state index contributed by atoms with van der Waals surface area (Å²) in [5.41, 5.74) is 18.9. The largest absolute Gasteiger partial charge is 0.455 e. The van der Waals surface area contributed by atoms with Crippen molar-refractivity contribution in [1.82, 2.24) is 9.13 Å². The molecule has 1 aliphatic rings. The number of nitrogens with zero attached hydrogens (tertiary/aromatic N) is 2. The molecule has 0 radical (unpaired) electrons. The summed E-state index contributed by atoms with van der Waals surface area (Å²) >= 11 is 0. The zero-order chi connectivity index (χ0) is 37.9. The van der Waals surface area contributed by atoms with Gasteiger partial charge in [-0.3, -0.25) is 0 Å². The zero-order valence-electron chi connectivity index (χ0n) is 31.5. The van der Waals surface area contributed by atoms with Crippen molar-refractivity contribution in [2.45, 2.75) is 6.42 Å². The molecule has 0 saturated heterocycles. The molecule has 12 aromatic rings. The lowest BCUT2D eigenvalue weighted by atomic mass is 9.96. The van der Waals surface area contributed by atoms with E-state index in [4.69, 9.17) is 4.42 Å². The lowest BCUT2D eigenvalue weighted by molar-refractivity contribution is 0.670. The Morgan fingerprint density at radius 2 is 0.897 bits per heavy atom. The molecule has 0 unspecified atom stereocenters. The van der Waals surface area contributed by atoms with Crippen molar-refractivity contribution in [2.24, 2.45) is 0 Å². The highest BCUT2D eigenvalue weighted by molar-refractivity contribution is 6.14. The fraction of sp³-hybridized carbons (Fsp3) is 0.0182. The van der Waals surface area contributed by atoms with E-state index in [0.717, 1.165) is 45.2 Å². The van der Waals surface area contributed by atoms with Crippen LogP contribution in [0.4, 0.5) is 0 Å². The molecule has 0 amide bonds. The molecule has 3 heterocycles. The molecule has 58 heavy (non-hydrogen) atoms. The highest BCUT2D eigenvalue weighted by Gasteiger charge is 2.22. The van der Waals surface area contributed by atoms with Crippen molar-refractivity contribution in [3.8, 4) is 44.8 Å². The Morgan fingerprint density at radius 1 is 0.328 bits per heavy atom. The third-order valence-corrected chi connectivity index (χ3v) is 12.5. The zero-order valence-corrected chi connectivity index (χ0v) is 31.5. The number of benzene rings is 9. The fourth-order valence-corrected chi connectivity index (χ4v) is 9.88. The number of para-hydroxylation sites is 4. The van der Waals surface area contributed by atoms with Crippen LogP contribution < -0.4 is 0 Å². The lowest BCUT2D eigenvalue weighted by Gasteiger charge is -2.13. The van der Waals surface area contributed by atoms with Crippen LogP contribution >= 0.6 is 0 Å². The third-order valence-electron chi connectivity index (χ3n) is 12.5. The minimum atomic E-state index is 0.901. The van der Waals surface area contributed by atoms with Crippen molar-refractivity contribution in [2.75, 3.05) is 0 Å². The van der Waals surface area contributed by atoms with E-state index in [2.05, 4.69) is 203 Å². The summed E-state index contributed by atoms with van der Waals surface area (Å²) in [6.45, 7) is 0. The highest BCUT2D eigenvalue weighted by Crippen LogP contribution is 2.44. The monoisotopic (exact) mass is 738 g/mol. The first-order chi connectivity index (χ1) is 28.7. The smallest absolute Gasteiger partial charge is 0.143 e. The van der Waals surface area contributed by atoms with Crippen molar-refractivity contribution in [3.63, 3.8) is 0 Å². The third kappa shape index (κ3) is 4.50. The van der Waals surface area contributed by atoms with Gasteiger partial charge in [0, 0.05) is 49.3 Å². The van der Waals surface area contributed by atoms with E-state index < -0.39 is 0 Å². The standard InChI is InChI=1S/C55H34N2O/c1-2-13-39(14-3-1)56-50-19-9-6-16-42(50)47-29-34(24-26-52(47)56)35-25-27-53-48(30-35)43-17-7-10-20-51(43)57(53)40-32-46(55-49(33-40)44-18-8-11-21-54(44)58-55)38-23-22-37-28-36-12-4-5-15-41(36)45(37)31-38/h1-27,29-33H,28H2. The second-order valence-corrected chi connectivity index (χ2v) is 15.7. The Labute approximate surface area is 334 Å². The van der Waals surface area contributed by atoms with Gasteiger partial charge in [-0.25, -0.2) is 0 Å². The molecule has 9 aromatic carbocycles. The van der Waals surface area contributed by atoms with E-state index >= 15 is 0 Å². The summed E-state index contributed by atoms with van der Waals surface area (Å²) in [6.07, 6.45) is 0.972. The van der Waals surface area contributed by atoms with E-state index in [1.165, 1.54) is 82.7 Å². The van der Waals surface area contributed by atoms with Gasteiger partial charge in [0.15, 0.2) is 0 Å². The van der Waals surface area contributed by atoms with Crippen LogP contribution in [0.25, 0.3) is 110 Å². The summed E-state index contributed by atoms with van der Waals surface area (Å²) in [4.78, 5) is 0. The number of rotatable bonds is 4. The van der Waals surface area contributed by atoms with E-state index in [-0.39, 0.29) is 0 Å². The predicted octanol–water partition coefficient (Wildman–Crippen LogP) is 14.7. The van der Waals surface area contributed by atoms with Gasteiger partial charge < -0.3 is 13.6 Å². The van der Waals surface area contributed by atoms with Crippen LogP contribution in [-0.4, -0.2) is 9.13 Å². The normalized spacial score (nSPS) is 12.4. The van der Waals surface area contributed by atoms with Gasteiger partial charge in [0.05, 0.1) is 22.1 Å².